The summed E-state index contributed by atoms with van der Waals surface area (Å²) in [4.78, 5) is 36.8. The molecule has 0 aliphatic rings. The molecule has 2 unspecified atom stereocenters. The zero-order valence-electron chi connectivity index (χ0n) is 31.2. The molecular formula is C36H76O10P2-2. The van der Waals surface area contributed by atoms with Crippen LogP contribution in [-0.2, 0) is 18.2 Å². The Hall–Kier alpha value is -0.380. The predicted molar refractivity (Wildman–Crippen MR) is 198 cm³/mol. The number of hydrogen-bond acceptors (Lipinski definition) is 8. The van der Waals surface area contributed by atoms with Crippen molar-refractivity contribution in [2.45, 2.75) is 182 Å². The molecular weight excluding hydrogens is 654 g/mol. The monoisotopic (exact) mass is 730 g/mol. The standard InChI is InChI=1S/C9H21O4P.C9H19O4P.C9H20O.C9H18O/c2*1-2-3-4-5-6-7-8-9-13-14(10,11)12;2*1-2-3-4-5-6-7-8-9-10/h2-9H2,1H3,(H2,10,11,12);6-7H,2-5,8-9H2,1H3,(H2,10,11,12);10H,2-9H2,1H3;6-7,10H,2-5,8-9H2,1H3/p-2/b;7-6+;;7-6+. The summed E-state index contributed by atoms with van der Waals surface area (Å²) in [6.45, 7) is 9.52. The molecule has 0 aliphatic heterocycles. The van der Waals surface area contributed by atoms with Crippen molar-refractivity contribution in [2.24, 2.45) is 0 Å². The van der Waals surface area contributed by atoms with E-state index in [2.05, 4.69) is 48.9 Å². The molecule has 12 heteroatoms. The highest BCUT2D eigenvalue weighted by molar-refractivity contribution is 7.45. The highest BCUT2D eigenvalue weighted by Crippen LogP contribution is 2.30. The molecule has 0 amide bonds. The van der Waals surface area contributed by atoms with Crippen LogP contribution in [0.15, 0.2) is 24.3 Å². The molecule has 0 spiro atoms. The molecule has 0 aliphatic carbocycles. The summed E-state index contributed by atoms with van der Waals surface area (Å²) in [6.07, 6.45) is 35.7. The van der Waals surface area contributed by atoms with Gasteiger partial charge in [-0.25, -0.2) is 0 Å². The lowest BCUT2D eigenvalue weighted by Crippen LogP contribution is -2.04. The van der Waals surface area contributed by atoms with E-state index in [9.17, 15) is 18.9 Å². The van der Waals surface area contributed by atoms with E-state index in [0.29, 0.717) is 19.4 Å². The van der Waals surface area contributed by atoms with E-state index in [0.717, 1.165) is 38.5 Å². The molecule has 0 aromatic carbocycles. The minimum absolute atomic E-state index is 0.0154. The van der Waals surface area contributed by atoms with Crippen LogP contribution in [0.1, 0.15) is 182 Å². The minimum Gasteiger partial charge on any atom is -0.756 e. The molecule has 0 saturated heterocycles. The lowest BCUT2D eigenvalue weighted by atomic mass is 10.1. The Morgan fingerprint density at radius 1 is 0.438 bits per heavy atom. The normalized spacial score (nSPS) is 13.5. The molecule has 0 heterocycles. The van der Waals surface area contributed by atoms with Crippen molar-refractivity contribution in [3.8, 4) is 0 Å². The number of hydrogen-bond donors (Lipinski definition) is 4. The van der Waals surface area contributed by atoms with Gasteiger partial charge in [0.2, 0.25) is 0 Å². The average Bonchev–Trinajstić information content (AvgIpc) is 3.03. The van der Waals surface area contributed by atoms with Gasteiger partial charge in [-0.1, -0.05) is 155 Å². The van der Waals surface area contributed by atoms with E-state index in [-0.39, 0.29) is 19.8 Å². The highest BCUT2D eigenvalue weighted by Gasteiger charge is 2.00. The Morgan fingerprint density at radius 3 is 1.17 bits per heavy atom. The maximum absolute atomic E-state index is 10.2. The van der Waals surface area contributed by atoms with Crippen LogP contribution in [0.4, 0.5) is 0 Å². The van der Waals surface area contributed by atoms with Gasteiger partial charge in [0.25, 0.3) is 15.6 Å². The molecule has 0 radical (unpaired) electrons. The fourth-order valence-electron chi connectivity index (χ4n) is 4.11. The van der Waals surface area contributed by atoms with Gasteiger partial charge in [0.1, 0.15) is 0 Å². The van der Waals surface area contributed by atoms with Crippen molar-refractivity contribution in [1.82, 2.24) is 0 Å². The van der Waals surface area contributed by atoms with Gasteiger partial charge in [0.15, 0.2) is 0 Å². The van der Waals surface area contributed by atoms with E-state index in [1.807, 2.05) is 12.2 Å². The number of allylic oxidation sites excluding steroid dienone is 2. The topological polar surface area (TPSA) is 180 Å². The molecule has 10 nitrogen and oxygen atoms in total. The van der Waals surface area contributed by atoms with Crippen molar-refractivity contribution < 1.29 is 48.0 Å². The number of phosphoric acid groups is 2. The Morgan fingerprint density at radius 2 is 0.771 bits per heavy atom. The second-order valence-electron chi connectivity index (χ2n) is 11.8. The van der Waals surface area contributed by atoms with Crippen molar-refractivity contribution in [1.29, 1.82) is 0 Å². The molecule has 292 valence electrons. The highest BCUT2D eigenvalue weighted by atomic mass is 31.2. The van der Waals surface area contributed by atoms with Crippen molar-refractivity contribution in [2.75, 3.05) is 26.4 Å². The van der Waals surface area contributed by atoms with E-state index in [1.54, 1.807) is 0 Å². The zero-order valence-corrected chi connectivity index (χ0v) is 33.0. The van der Waals surface area contributed by atoms with Gasteiger partial charge in [-0.3, -0.25) is 9.13 Å². The molecule has 0 fully saturated rings. The summed E-state index contributed by atoms with van der Waals surface area (Å²) in [5.41, 5.74) is 0. The number of phosphoric ester groups is 2. The van der Waals surface area contributed by atoms with Gasteiger partial charge in [-0.2, -0.15) is 0 Å². The fraction of sp³-hybridized carbons (Fsp3) is 0.889. The van der Waals surface area contributed by atoms with E-state index in [1.165, 1.54) is 103 Å². The summed E-state index contributed by atoms with van der Waals surface area (Å²) in [6, 6.07) is 0. The van der Waals surface area contributed by atoms with Crippen LogP contribution < -0.4 is 9.79 Å². The van der Waals surface area contributed by atoms with E-state index < -0.39 is 15.6 Å². The summed E-state index contributed by atoms with van der Waals surface area (Å²) < 4.78 is 28.7. The number of aliphatic hydroxyl groups excluding tert-OH is 2. The second-order valence-corrected chi connectivity index (χ2v) is 14.2. The Labute approximate surface area is 295 Å². The Kier molecular flexibility index (Phi) is 52.8. The smallest absolute Gasteiger partial charge is 0.265 e. The quantitative estimate of drug-likeness (QED) is 0.0316. The molecule has 0 aromatic heterocycles. The van der Waals surface area contributed by atoms with E-state index >= 15 is 0 Å². The third-order valence-corrected chi connectivity index (χ3v) is 7.90. The average molecular weight is 731 g/mol. The van der Waals surface area contributed by atoms with Crippen LogP contribution in [0.25, 0.3) is 0 Å². The third kappa shape index (κ3) is 71.6. The van der Waals surface area contributed by atoms with Crippen LogP contribution >= 0.6 is 15.6 Å². The number of aliphatic hydroxyl groups is 2. The van der Waals surface area contributed by atoms with Crippen LogP contribution in [0.5, 0.6) is 0 Å². The number of unbranched alkanes of at least 4 members (excludes halogenated alkanes) is 18. The summed E-state index contributed by atoms with van der Waals surface area (Å²) in [5.74, 6) is 0. The maximum atomic E-state index is 10.2. The maximum Gasteiger partial charge on any atom is 0.265 e. The minimum atomic E-state index is -4.52. The molecule has 48 heavy (non-hydrogen) atoms. The van der Waals surface area contributed by atoms with Crippen molar-refractivity contribution >= 4 is 15.6 Å². The van der Waals surface area contributed by atoms with Crippen molar-refractivity contribution in [3.05, 3.63) is 24.3 Å². The van der Waals surface area contributed by atoms with Gasteiger partial charge >= 0.3 is 0 Å². The van der Waals surface area contributed by atoms with E-state index in [4.69, 9.17) is 20.0 Å². The fourth-order valence-corrected chi connectivity index (χ4v) is 4.81. The Balaban J connectivity index is -0.000000272. The van der Waals surface area contributed by atoms with Crippen molar-refractivity contribution in [3.63, 3.8) is 0 Å². The number of rotatable bonds is 30. The summed E-state index contributed by atoms with van der Waals surface area (Å²) >= 11 is 0. The zero-order chi connectivity index (χ0) is 37.0. The van der Waals surface area contributed by atoms with Gasteiger partial charge in [0.05, 0.1) is 13.2 Å². The lowest BCUT2D eigenvalue weighted by molar-refractivity contribution is -0.221. The van der Waals surface area contributed by atoms with Crippen LogP contribution in [-0.4, -0.2) is 46.4 Å². The first kappa shape index (κ1) is 54.4. The summed E-state index contributed by atoms with van der Waals surface area (Å²) in [7, 11) is -9.00. The predicted octanol–water partition coefficient (Wildman–Crippen LogP) is 9.44. The summed E-state index contributed by atoms with van der Waals surface area (Å²) in [5, 5.41) is 16.9. The molecule has 0 aromatic rings. The van der Waals surface area contributed by atoms with Gasteiger partial charge in [0, 0.05) is 13.2 Å². The molecule has 0 rings (SSSR count). The van der Waals surface area contributed by atoms with Crippen LogP contribution in [0.3, 0.4) is 0 Å². The van der Waals surface area contributed by atoms with Crippen LogP contribution in [0.2, 0.25) is 0 Å². The largest absolute Gasteiger partial charge is 0.756 e. The van der Waals surface area contributed by atoms with Gasteiger partial charge in [-0.05, 0) is 51.4 Å². The molecule has 0 saturated carbocycles. The van der Waals surface area contributed by atoms with Crippen LogP contribution in [0, 0.1) is 0 Å². The molecule has 4 N–H and O–H groups in total. The molecule has 2 atom stereocenters. The van der Waals surface area contributed by atoms with Gasteiger partial charge in [-0.15, -0.1) is 0 Å². The lowest BCUT2D eigenvalue weighted by Gasteiger charge is -2.14. The second kappa shape index (κ2) is 46.6. The molecule has 0 bridgehead atoms. The first-order chi connectivity index (χ1) is 22.9. The Bertz CT molecular complexity index is 716. The first-order valence-electron chi connectivity index (χ1n) is 18.8. The SMILES string of the molecule is CCCCC/C=C/CCO.CCCCC/C=C/CCOP(=O)([O-])O.CCCCCCCCCO.CCCCCCCCCOP(=O)([O-])O. The first-order valence-corrected chi connectivity index (χ1v) is 21.8. The third-order valence-electron chi connectivity index (χ3n) is 6.88. The van der Waals surface area contributed by atoms with Gasteiger partial charge < -0.3 is 38.8 Å².